The Bertz CT molecular complexity index is 625. The van der Waals surface area contributed by atoms with Crippen molar-refractivity contribution in [2.75, 3.05) is 19.0 Å². The van der Waals surface area contributed by atoms with Crippen molar-refractivity contribution >= 4 is 5.69 Å². The molecule has 0 aliphatic rings. The van der Waals surface area contributed by atoms with Crippen molar-refractivity contribution in [3.63, 3.8) is 0 Å². The van der Waals surface area contributed by atoms with E-state index in [1.807, 2.05) is 0 Å². The molecule has 0 atom stereocenters. The largest absolute Gasteiger partial charge is 0.416 e. The highest BCUT2D eigenvalue weighted by atomic mass is 19.4. The molecule has 0 amide bonds. The van der Waals surface area contributed by atoms with Crippen LogP contribution in [0.4, 0.5) is 23.2 Å². The van der Waals surface area contributed by atoms with Crippen molar-refractivity contribution < 1.29 is 22.3 Å². The van der Waals surface area contributed by atoms with Gasteiger partial charge in [0.25, 0.3) is 0 Å². The highest BCUT2D eigenvalue weighted by Crippen LogP contribution is 2.30. The van der Waals surface area contributed by atoms with E-state index in [9.17, 15) is 17.6 Å². The number of ether oxygens (including phenoxy) is 1. The number of rotatable bonds is 6. The Morgan fingerprint density at radius 2 is 2.09 bits per heavy atom. The van der Waals surface area contributed by atoms with Crippen molar-refractivity contribution in [3.8, 4) is 0 Å². The molecule has 0 saturated carbocycles. The van der Waals surface area contributed by atoms with Gasteiger partial charge in [-0.2, -0.15) is 18.3 Å². The summed E-state index contributed by atoms with van der Waals surface area (Å²) in [6.45, 7) is 0.977. The first-order valence-electron chi connectivity index (χ1n) is 6.51. The van der Waals surface area contributed by atoms with Crippen LogP contribution in [-0.4, -0.2) is 23.5 Å². The minimum Gasteiger partial charge on any atom is -0.383 e. The van der Waals surface area contributed by atoms with Crippen LogP contribution in [0.2, 0.25) is 0 Å². The molecule has 0 spiro atoms. The van der Waals surface area contributed by atoms with Crippen LogP contribution in [0.25, 0.3) is 0 Å². The summed E-state index contributed by atoms with van der Waals surface area (Å²) in [5, 5.41) is 6.89. The van der Waals surface area contributed by atoms with Gasteiger partial charge in [-0.05, 0) is 18.2 Å². The monoisotopic (exact) mass is 317 g/mol. The molecule has 0 radical (unpaired) electrons. The number of aromatic nitrogens is 2. The summed E-state index contributed by atoms with van der Waals surface area (Å²) in [5.74, 6) is -0.688. The maximum absolute atomic E-state index is 13.6. The first-order valence-corrected chi connectivity index (χ1v) is 6.51. The summed E-state index contributed by atoms with van der Waals surface area (Å²) in [6.07, 6.45) is -1.31. The number of halogens is 4. The molecule has 0 fully saturated rings. The quantitative estimate of drug-likeness (QED) is 0.831. The van der Waals surface area contributed by atoms with E-state index in [-0.39, 0.29) is 12.1 Å². The molecule has 120 valence electrons. The van der Waals surface area contributed by atoms with Gasteiger partial charge >= 0.3 is 6.18 Å². The average Bonchev–Trinajstić information content (AvgIpc) is 2.91. The fourth-order valence-corrected chi connectivity index (χ4v) is 1.85. The number of nitrogens with zero attached hydrogens (tertiary/aromatic N) is 2. The lowest BCUT2D eigenvalue weighted by molar-refractivity contribution is -0.137. The van der Waals surface area contributed by atoms with Crippen LogP contribution in [0.15, 0.2) is 30.6 Å². The summed E-state index contributed by atoms with van der Waals surface area (Å²) >= 11 is 0. The van der Waals surface area contributed by atoms with Crippen molar-refractivity contribution in [1.82, 2.24) is 9.78 Å². The molecule has 0 aliphatic heterocycles. The van der Waals surface area contributed by atoms with E-state index in [0.29, 0.717) is 18.8 Å². The molecule has 0 unspecified atom stereocenters. The highest BCUT2D eigenvalue weighted by molar-refractivity contribution is 5.40. The highest BCUT2D eigenvalue weighted by Gasteiger charge is 2.31. The van der Waals surface area contributed by atoms with E-state index in [1.54, 1.807) is 18.0 Å². The van der Waals surface area contributed by atoms with Crippen molar-refractivity contribution in [1.29, 1.82) is 0 Å². The van der Waals surface area contributed by atoms with E-state index >= 15 is 0 Å². The summed E-state index contributed by atoms with van der Waals surface area (Å²) < 4.78 is 58.0. The second-order valence-electron chi connectivity index (χ2n) is 4.64. The van der Waals surface area contributed by atoms with Gasteiger partial charge in [0.1, 0.15) is 5.82 Å². The predicted octanol–water partition coefficient (Wildman–Crippen LogP) is 3.30. The molecule has 0 saturated heterocycles. The Morgan fingerprint density at radius 3 is 2.77 bits per heavy atom. The molecule has 1 N–H and O–H groups in total. The maximum Gasteiger partial charge on any atom is 0.416 e. The lowest BCUT2D eigenvalue weighted by Gasteiger charge is -2.10. The van der Waals surface area contributed by atoms with E-state index in [2.05, 4.69) is 10.4 Å². The van der Waals surface area contributed by atoms with Gasteiger partial charge in [0.05, 0.1) is 30.6 Å². The van der Waals surface area contributed by atoms with Crippen LogP contribution in [0, 0.1) is 5.82 Å². The second kappa shape index (κ2) is 6.78. The normalized spacial score (nSPS) is 11.7. The minimum absolute atomic E-state index is 0.0560. The van der Waals surface area contributed by atoms with Gasteiger partial charge in [-0.3, -0.25) is 4.68 Å². The van der Waals surface area contributed by atoms with Gasteiger partial charge in [0.2, 0.25) is 0 Å². The molecule has 0 bridgehead atoms. The predicted molar refractivity (Wildman–Crippen MR) is 72.8 cm³/mol. The summed E-state index contributed by atoms with van der Waals surface area (Å²) in [4.78, 5) is 0. The number of methoxy groups -OCH3 is 1. The number of anilines is 1. The van der Waals surface area contributed by atoms with E-state index in [4.69, 9.17) is 4.74 Å². The summed E-state index contributed by atoms with van der Waals surface area (Å²) in [7, 11) is 1.57. The molecule has 2 aromatic rings. The third-order valence-corrected chi connectivity index (χ3v) is 3.01. The molecule has 1 aromatic heterocycles. The van der Waals surface area contributed by atoms with Crippen LogP contribution in [0.3, 0.4) is 0 Å². The van der Waals surface area contributed by atoms with Gasteiger partial charge in [-0.15, -0.1) is 0 Å². The fraction of sp³-hybridized carbons (Fsp3) is 0.357. The van der Waals surface area contributed by atoms with Crippen LogP contribution in [0.5, 0.6) is 0 Å². The smallest absolute Gasteiger partial charge is 0.383 e. The first-order chi connectivity index (χ1) is 10.4. The van der Waals surface area contributed by atoms with Crippen molar-refractivity contribution in [2.45, 2.75) is 19.3 Å². The first kappa shape index (κ1) is 16.3. The van der Waals surface area contributed by atoms with Crippen molar-refractivity contribution in [2.24, 2.45) is 0 Å². The lowest BCUT2D eigenvalue weighted by Crippen LogP contribution is -2.08. The number of alkyl halides is 3. The average molecular weight is 317 g/mol. The molecule has 2 rings (SSSR count). The third-order valence-electron chi connectivity index (χ3n) is 3.01. The standard InChI is InChI=1S/C14H15F4N3O/c1-22-5-4-21-9-12(8-20-21)19-7-10-6-11(14(16,17)18)2-3-13(10)15/h2-3,6,8-9,19H,4-5,7H2,1H3. The molecule has 1 aromatic carbocycles. The van der Waals surface area contributed by atoms with Gasteiger partial charge < -0.3 is 10.1 Å². The molecule has 4 nitrogen and oxygen atoms in total. The molecular formula is C14H15F4N3O. The summed E-state index contributed by atoms with van der Waals surface area (Å²) in [6, 6.07) is 2.35. The Labute approximate surface area is 124 Å². The molecular weight excluding hydrogens is 302 g/mol. The molecule has 8 heteroatoms. The Morgan fingerprint density at radius 1 is 1.32 bits per heavy atom. The topological polar surface area (TPSA) is 39.1 Å². The Balaban J connectivity index is 2.03. The minimum atomic E-state index is -4.49. The molecule has 22 heavy (non-hydrogen) atoms. The van der Waals surface area contributed by atoms with Crippen LogP contribution >= 0.6 is 0 Å². The van der Waals surface area contributed by atoms with Crippen LogP contribution in [-0.2, 0) is 24.0 Å². The SMILES string of the molecule is COCCn1cc(NCc2cc(C(F)(F)F)ccc2F)cn1. The number of hydrogen-bond donors (Lipinski definition) is 1. The van der Waals surface area contributed by atoms with Gasteiger partial charge in [0, 0.05) is 25.4 Å². The number of hydrogen-bond acceptors (Lipinski definition) is 3. The zero-order chi connectivity index (χ0) is 16.2. The fourth-order valence-electron chi connectivity index (χ4n) is 1.85. The maximum atomic E-state index is 13.6. The van der Waals surface area contributed by atoms with Crippen molar-refractivity contribution in [3.05, 3.63) is 47.5 Å². The molecule has 0 aliphatic carbocycles. The molecule has 1 heterocycles. The van der Waals surface area contributed by atoms with Gasteiger partial charge in [-0.1, -0.05) is 0 Å². The zero-order valence-electron chi connectivity index (χ0n) is 11.8. The summed E-state index contributed by atoms with van der Waals surface area (Å²) in [5.41, 5.74) is -0.339. The Hall–Kier alpha value is -2.09. The van der Waals surface area contributed by atoms with Gasteiger partial charge in [-0.25, -0.2) is 4.39 Å². The van der Waals surface area contributed by atoms with Crippen LogP contribution in [0.1, 0.15) is 11.1 Å². The van der Waals surface area contributed by atoms with Gasteiger partial charge in [0.15, 0.2) is 0 Å². The van der Waals surface area contributed by atoms with E-state index < -0.39 is 17.6 Å². The Kier molecular flexibility index (Phi) is 5.02. The second-order valence-corrected chi connectivity index (χ2v) is 4.64. The number of nitrogens with one attached hydrogen (secondary N) is 1. The number of benzene rings is 1. The lowest BCUT2D eigenvalue weighted by atomic mass is 10.1. The third kappa shape index (κ3) is 4.20. The van der Waals surface area contributed by atoms with Crippen LogP contribution < -0.4 is 5.32 Å². The van der Waals surface area contributed by atoms with E-state index in [0.717, 1.165) is 18.2 Å². The zero-order valence-corrected chi connectivity index (χ0v) is 11.8. The van der Waals surface area contributed by atoms with E-state index in [1.165, 1.54) is 6.20 Å².